The van der Waals surface area contributed by atoms with Crippen molar-refractivity contribution in [3.05, 3.63) is 17.7 Å². The summed E-state index contributed by atoms with van der Waals surface area (Å²) in [5.74, 6) is 2.45. The maximum Gasteiger partial charge on any atom is 0.164 e. The minimum absolute atomic E-state index is 0.0892. The highest BCUT2D eigenvalue weighted by Gasteiger charge is 2.26. The Bertz CT molecular complexity index is 444. The van der Waals surface area contributed by atoms with Gasteiger partial charge in [-0.15, -0.1) is 0 Å². The second-order valence-electron chi connectivity index (χ2n) is 4.92. The minimum Gasteiger partial charge on any atom is -0.496 e. The third-order valence-corrected chi connectivity index (χ3v) is 3.87. The van der Waals surface area contributed by atoms with Crippen molar-refractivity contribution in [3.8, 4) is 17.2 Å². The van der Waals surface area contributed by atoms with Gasteiger partial charge >= 0.3 is 0 Å². The van der Waals surface area contributed by atoms with E-state index in [1.165, 1.54) is 0 Å². The third-order valence-electron chi connectivity index (χ3n) is 3.87. The Labute approximate surface area is 120 Å². The number of ether oxygens (including phenoxy) is 4. The Kier molecular flexibility index (Phi) is 5.09. The molecular formula is C15H23NO4. The zero-order valence-electron chi connectivity index (χ0n) is 12.3. The smallest absolute Gasteiger partial charge is 0.164 e. The van der Waals surface area contributed by atoms with Crippen LogP contribution in [0.4, 0.5) is 0 Å². The van der Waals surface area contributed by atoms with Crippen molar-refractivity contribution >= 4 is 0 Å². The first-order valence-electron chi connectivity index (χ1n) is 6.84. The molecule has 0 spiro atoms. The first-order chi connectivity index (χ1) is 9.71. The zero-order valence-corrected chi connectivity index (χ0v) is 12.3. The monoisotopic (exact) mass is 281 g/mol. The van der Waals surface area contributed by atoms with Crippen LogP contribution in [0.25, 0.3) is 0 Å². The van der Waals surface area contributed by atoms with Gasteiger partial charge in [0.25, 0.3) is 0 Å². The van der Waals surface area contributed by atoms with Crippen LogP contribution in [0.3, 0.4) is 0 Å². The van der Waals surface area contributed by atoms with Crippen LogP contribution in [0.2, 0.25) is 0 Å². The lowest BCUT2D eigenvalue weighted by molar-refractivity contribution is 0.0581. The van der Waals surface area contributed by atoms with Gasteiger partial charge in [-0.05, 0) is 24.8 Å². The molecule has 0 aromatic heterocycles. The maximum absolute atomic E-state index is 6.43. The first kappa shape index (κ1) is 14.9. The average Bonchev–Trinajstić information content (AvgIpc) is 2.53. The predicted octanol–water partition coefficient (Wildman–Crippen LogP) is 2.14. The van der Waals surface area contributed by atoms with E-state index < -0.39 is 0 Å². The number of hydrogen-bond donors (Lipinski definition) is 1. The van der Waals surface area contributed by atoms with Gasteiger partial charge in [-0.3, -0.25) is 0 Å². The standard InChI is InChI=1S/C15H23NO4/c1-17-12-9-14(19-3)13(18-2)8-11(12)15(16)10-4-6-20-7-5-10/h8-10,15H,4-7,16H2,1-3H3. The fraction of sp³-hybridized carbons (Fsp3) is 0.600. The van der Waals surface area contributed by atoms with Crippen molar-refractivity contribution in [1.82, 2.24) is 0 Å². The summed E-state index contributed by atoms with van der Waals surface area (Å²) in [6.45, 7) is 1.54. The lowest BCUT2D eigenvalue weighted by Gasteiger charge is -2.29. The fourth-order valence-corrected chi connectivity index (χ4v) is 2.64. The molecule has 1 atom stereocenters. The van der Waals surface area contributed by atoms with Crippen LogP contribution < -0.4 is 19.9 Å². The van der Waals surface area contributed by atoms with E-state index in [9.17, 15) is 0 Å². The molecule has 1 heterocycles. The Morgan fingerprint density at radius 3 is 2.10 bits per heavy atom. The van der Waals surface area contributed by atoms with Crippen molar-refractivity contribution in [2.24, 2.45) is 11.7 Å². The summed E-state index contributed by atoms with van der Waals surface area (Å²) in [5.41, 5.74) is 7.38. The molecule has 1 aliphatic rings. The molecule has 0 saturated carbocycles. The summed E-state index contributed by atoms with van der Waals surface area (Å²) in [6, 6.07) is 3.65. The minimum atomic E-state index is -0.0892. The summed E-state index contributed by atoms with van der Waals surface area (Å²) >= 11 is 0. The molecule has 5 heteroatoms. The molecule has 1 aliphatic heterocycles. The van der Waals surface area contributed by atoms with Crippen LogP contribution in [-0.2, 0) is 4.74 Å². The van der Waals surface area contributed by atoms with E-state index >= 15 is 0 Å². The fourth-order valence-electron chi connectivity index (χ4n) is 2.64. The number of benzene rings is 1. The van der Waals surface area contributed by atoms with Crippen molar-refractivity contribution in [3.63, 3.8) is 0 Å². The van der Waals surface area contributed by atoms with E-state index in [4.69, 9.17) is 24.7 Å². The van der Waals surface area contributed by atoms with Crippen LogP contribution in [0.5, 0.6) is 17.2 Å². The molecule has 112 valence electrons. The quantitative estimate of drug-likeness (QED) is 0.896. The van der Waals surface area contributed by atoms with Crippen LogP contribution in [0.15, 0.2) is 12.1 Å². The van der Waals surface area contributed by atoms with Gasteiger partial charge < -0.3 is 24.7 Å². The van der Waals surface area contributed by atoms with Gasteiger partial charge in [0.1, 0.15) is 5.75 Å². The zero-order chi connectivity index (χ0) is 14.5. The molecule has 1 aromatic carbocycles. The molecule has 0 aliphatic carbocycles. The molecule has 0 bridgehead atoms. The van der Waals surface area contributed by atoms with Crippen LogP contribution in [0, 0.1) is 5.92 Å². The van der Waals surface area contributed by atoms with Gasteiger partial charge in [-0.1, -0.05) is 0 Å². The molecule has 2 rings (SSSR count). The van der Waals surface area contributed by atoms with Gasteiger partial charge in [0.05, 0.1) is 21.3 Å². The van der Waals surface area contributed by atoms with Gasteiger partial charge in [0, 0.05) is 30.9 Å². The molecule has 0 amide bonds. The highest BCUT2D eigenvalue weighted by Crippen LogP contribution is 2.40. The average molecular weight is 281 g/mol. The Hall–Kier alpha value is -1.46. The molecule has 1 unspecified atom stereocenters. The molecule has 20 heavy (non-hydrogen) atoms. The van der Waals surface area contributed by atoms with E-state index in [1.54, 1.807) is 21.3 Å². The molecule has 1 fully saturated rings. The van der Waals surface area contributed by atoms with E-state index in [1.807, 2.05) is 12.1 Å². The van der Waals surface area contributed by atoms with Crippen molar-refractivity contribution in [2.75, 3.05) is 34.5 Å². The lowest BCUT2D eigenvalue weighted by Crippen LogP contribution is -2.27. The number of hydrogen-bond acceptors (Lipinski definition) is 5. The molecule has 1 aromatic rings. The van der Waals surface area contributed by atoms with E-state index in [-0.39, 0.29) is 6.04 Å². The highest BCUT2D eigenvalue weighted by atomic mass is 16.5. The maximum atomic E-state index is 6.43. The van der Waals surface area contributed by atoms with Crippen molar-refractivity contribution < 1.29 is 18.9 Å². The Morgan fingerprint density at radius 2 is 1.55 bits per heavy atom. The summed E-state index contributed by atoms with van der Waals surface area (Å²) in [4.78, 5) is 0. The normalized spacial score (nSPS) is 17.6. The van der Waals surface area contributed by atoms with Crippen molar-refractivity contribution in [1.29, 1.82) is 0 Å². The largest absolute Gasteiger partial charge is 0.496 e. The molecule has 1 saturated heterocycles. The molecule has 0 radical (unpaired) electrons. The third kappa shape index (κ3) is 2.99. The number of rotatable bonds is 5. The summed E-state index contributed by atoms with van der Waals surface area (Å²) < 4.78 is 21.5. The predicted molar refractivity (Wildman–Crippen MR) is 76.6 cm³/mol. The summed E-state index contributed by atoms with van der Waals surface area (Å²) in [6.07, 6.45) is 1.94. The molecular weight excluding hydrogens is 258 g/mol. The van der Waals surface area contributed by atoms with Crippen molar-refractivity contribution in [2.45, 2.75) is 18.9 Å². The van der Waals surface area contributed by atoms with E-state index in [2.05, 4.69) is 0 Å². The summed E-state index contributed by atoms with van der Waals surface area (Å²) in [7, 11) is 4.87. The van der Waals surface area contributed by atoms with E-state index in [0.717, 1.165) is 37.4 Å². The van der Waals surface area contributed by atoms with Gasteiger partial charge in [-0.2, -0.15) is 0 Å². The van der Waals surface area contributed by atoms with Crippen LogP contribution in [0.1, 0.15) is 24.4 Å². The SMILES string of the molecule is COc1cc(OC)c(C(N)C2CCOCC2)cc1OC. The summed E-state index contributed by atoms with van der Waals surface area (Å²) in [5, 5.41) is 0. The van der Waals surface area contributed by atoms with Crippen LogP contribution >= 0.6 is 0 Å². The second kappa shape index (κ2) is 6.81. The molecule has 2 N–H and O–H groups in total. The number of methoxy groups -OCH3 is 3. The van der Waals surface area contributed by atoms with Crippen LogP contribution in [-0.4, -0.2) is 34.5 Å². The van der Waals surface area contributed by atoms with E-state index in [0.29, 0.717) is 17.4 Å². The Morgan fingerprint density at radius 1 is 1.00 bits per heavy atom. The lowest BCUT2D eigenvalue weighted by atomic mass is 9.87. The molecule has 5 nitrogen and oxygen atoms in total. The Balaban J connectivity index is 2.32. The number of nitrogens with two attached hydrogens (primary N) is 1. The van der Waals surface area contributed by atoms with Gasteiger partial charge in [-0.25, -0.2) is 0 Å². The highest BCUT2D eigenvalue weighted by molar-refractivity contribution is 5.51. The second-order valence-corrected chi connectivity index (χ2v) is 4.92. The van der Waals surface area contributed by atoms with Gasteiger partial charge in [0.2, 0.25) is 0 Å². The first-order valence-corrected chi connectivity index (χ1v) is 6.84. The topological polar surface area (TPSA) is 62.9 Å². The van der Waals surface area contributed by atoms with Gasteiger partial charge in [0.15, 0.2) is 11.5 Å².